The molecule has 1 saturated carbocycles. The number of hydrogen-bond donors (Lipinski definition) is 1. The molecule has 0 atom stereocenters. The van der Waals surface area contributed by atoms with Crippen molar-refractivity contribution in [1.29, 1.82) is 5.26 Å². The average Bonchev–Trinajstić information content (AvgIpc) is 3.03. The van der Waals surface area contributed by atoms with Gasteiger partial charge in [0.15, 0.2) is 0 Å². The molecule has 0 aliphatic heterocycles. The predicted molar refractivity (Wildman–Crippen MR) is 69.0 cm³/mol. The summed E-state index contributed by atoms with van der Waals surface area (Å²) >= 11 is 1.54. The molecule has 3 nitrogen and oxygen atoms in total. The van der Waals surface area contributed by atoms with Crippen LogP contribution in [0.15, 0.2) is 0 Å². The van der Waals surface area contributed by atoms with Crippen LogP contribution in [0, 0.1) is 11.3 Å². The normalized spacial score (nSPS) is 14.8. The van der Waals surface area contributed by atoms with Crippen molar-refractivity contribution in [1.82, 2.24) is 0 Å². The molecule has 86 valence electrons. The van der Waals surface area contributed by atoms with E-state index in [0.29, 0.717) is 10.8 Å². The Bertz CT molecular complexity index is 426. The molecule has 1 heterocycles. The van der Waals surface area contributed by atoms with Crippen molar-refractivity contribution in [2.45, 2.75) is 32.1 Å². The molecule has 1 aromatic rings. The number of nitrogens with two attached hydrogens (primary N) is 1. The van der Waals surface area contributed by atoms with Crippen molar-refractivity contribution in [3.63, 3.8) is 0 Å². The van der Waals surface area contributed by atoms with Gasteiger partial charge in [0.05, 0.1) is 10.7 Å². The molecule has 0 unspecified atom stereocenters. The van der Waals surface area contributed by atoms with E-state index in [9.17, 15) is 0 Å². The molecular formula is C12H17N3S. The predicted octanol–water partition coefficient (Wildman–Crippen LogP) is 2.93. The summed E-state index contributed by atoms with van der Waals surface area (Å²) in [5.41, 5.74) is 8.01. The number of nitrogens with zero attached hydrogens (tertiary/aromatic N) is 2. The zero-order valence-corrected chi connectivity index (χ0v) is 10.6. The van der Waals surface area contributed by atoms with Crippen LogP contribution in [0.1, 0.15) is 42.5 Å². The molecule has 0 saturated heterocycles. The third-order valence-corrected chi connectivity index (χ3v) is 4.20. The van der Waals surface area contributed by atoms with Crippen molar-refractivity contribution in [3.8, 4) is 6.07 Å². The summed E-state index contributed by atoms with van der Waals surface area (Å²) in [7, 11) is 2.09. The third-order valence-electron chi connectivity index (χ3n) is 2.96. The average molecular weight is 235 g/mol. The van der Waals surface area contributed by atoms with Crippen LogP contribution in [0.3, 0.4) is 0 Å². The Morgan fingerprint density at radius 3 is 2.75 bits per heavy atom. The van der Waals surface area contributed by atoms with Crippen LogP contribution < -0.4 is 10.6 Å². The maximum atomic E-state index is 9.03. The molecule has 0 spiro atoms. The van der Waals surface area contributed by atoms with E-state index in [-0.39, 0.29) is 0 Å². The van der Waals surface area contributed by atoms with Gasteiger partial charge in [-0.15, -0.1) is 11.3 Å². The minimum Gasteiger partial charge on any atom is -0.397 e. The van der Waals surface area contributed by atoms with E-state index in [1.54, 1.807) is 11.3 Å². The first kappa shape index (κ1) is 11.3. The molecule has 1 aliphatic carbocycles. The Morgan fingerprint density at radius 1 is 1.56 bits per heavy atom. The molecule has 2 N–H and O–H groups in total. The van der Waals surface area contributed by atoms with Gasteiger partial charge in [-0.25, -0.2) is 0 Å². The Kier molecular flexibility index (Phi) is 3.06. The SMILES string of the molecule is CCCN(C)c1sc(C#N)c(N)c1C1CC1. The molecule has 1 aromatic heterocycles. The number of rotatable bonds is 4. The van der Waals surface area contributed by atoms with Crippen molar-refractivity contribution < 1.29 is 0 Å². The maximum Gasteiger partial charge on any atom is 0.130 e. The second kappa shape index (κ2) is 4.34. The highest BCUT2D eigenvalue weighted by Crippen LogP contribution is 2.51. The van der Waals surface area contributed by atoms with Gasteiger partial charge in [0, 0.05) is 19.2 Å². The lowest BCUT2D eigenvalue weighted by molar-refractivity contribution is 0.853. The first-order valence-corrected chi connectivity index (χ1v) is 6.54. The van der Waals surface area contributed by atoms with E-state index in [2.05, 4.69) is 24.9 Å². The topological polar surface area (TPSA) is 53.0 Å². The molecule has 1 aliphatic rings. The van der Waals surface area contributed by atoms with Gasteiger partial charge in [-0.05, 0) is 25.2 Å². The lowest BCUT2D eigenvalue weighted by atomic mass is 10.1. The van der Waals surface area contributed by atoms with Crippen LogP contribution in [-0.2, 0) is 0 Å². The number of hydrogen-bond acceptors (Lipinski definition) is 4. The van der Waals surface area contributed by atoms with Gasteiger partial charge in [0.25, 0.3) is 0 Å². The van der Waals surface area contributed by atoms with Crippen LogP contribution in [0.25, 0.3) is 0 Å². The first-order chi connectivity index (χ1) is 7.69. The molecule has 4 heteroatoms. The zero-order valence-electron chi connectivity index (χ0n) is 9.79. The van der Waals surface area contributed by atoms with Gasteiger partial charge >= 0.3 is 0 Å². The summed E-state index contributed by atoms with van der Waals surface area (Å²) < 4.78 is 0. The van der Waals surface area contributed by atoms with Gasteiger partial charge < -0.3 is 10.6 Å². The summed E-state index contributed by atoms with van der Waals surface area (Å²) in [5.74, 6) is 0.604. The van der Waals surface area contributed by atoms with E-state index in [0.717, 1.165) is 18.7 Å². The van der Waals surface area contributed by atoms with Gasteiger partial charge in [-0.3, -0.25) is 0 Å². The summed E-state index contributed by atoms with van der Waals surface area (Å²) in [5, 5.41) is 10.2. The highest BCUT2D eigenvalue weighted by Gasteiger charge is 2.32. The van der Waals surface area contributed by atoms with Crippen LogP contribution in [-0.4, -0.2) is 13.6 Å². The van der Waals surface area contributed by atoms with Gasteiger partial charge in [0.1, 0.15) is 10.9 Å². The van der Waals surface area contributed by atoms with E-state index in [4.69, 9.17) is 11.0 Å². The molecule has 2 rings (SSSR count). The molecular weight excluding hydrogens is 218 g/mol. The first-order valence-electron chi connectivity index (χ1n) is 5.72. The van der Waals surface area contributed by atoms with Crippen LogP contribution in [0.4, 0.5) is 10.7 Å². The Balaban J connectivity index is 2.39. The molecule has 0 radical (unpaired) electrons. The standard InChI is InChI=1S/C12H17N3S/c1-3-6-15(2)12-10(8-4-5-8)11(14)9(7-13)16-12/h8H,3-6,14H2,1-2H3. The van der Waals surface area contributed by atoms with Crippen LogP contribution in [0.5, 0.6) is 0 Å². The summed E-state index contributed by atoms with van der Waals surface area (Å²) in [6.45, 7) is 3.18. The van der Waals surface area contributed by atoms with Crippen molar-refractivity contribution in [3.05, 3.63) is 10.4 Å². The van der Waals surface area contributed by atoms with Crippen molar-refractivity contribution in [2.24, 2.45) is 0 Å². The molecule has 0 aromatic carbocycles. The number of nitrogen functional groups attached to an aromatic ring is 1. The van der Waals surface area contributed by atoms with Gasteiger partial charge in [0.2, 0.25) is 0 Å². The third kappa shape index (κ3) is 1.88. The molecule has 16 heavy (non-hydrogen) atoms. The van der Waals surface area contributed by atoms with E-state index in [1.165, 1.54) is 23.4 Å². The molecule has 1 fully saturated rings. The summed E-state index contributed by atoms with van der Waals surface area (Å²) in [6.07, 6.45) is 3.55. The van der Waals surface area contributed by atoms with Gasteiger partial charge in [-0.2, -0.15) is 5.26 Å². The number of anilines is 2. The van der Waals surface area contributed by atoms with Crippen molar-refractivity contribution in [2.75, 3.05) is 24.2 Å². The highest BCUT2D eigenvalue weighted by atomic mass is 32.1. The minimum absolute atomic E-state index is 0.604. The maximum absolute atomic E-state index is 9.03. The smallest absolute Gasteiger partial charge is 0.130 e. The fraction of sp³-hybridized carbons (Fsp3) is 0.583. The summed E-state index contributed by atoms with van der Waals surface area (Å²) in [4.78, 5) is 2.91. The minimum atomic E-state index is 0.604. The summed E-state index contributed by atoms with van der Waals surface area (Å²) in [6, 6.07) is 2.20. The van der Waals surface area contributed by atoms with Crippen molar-refractivity contribution >= 4 is 22.0 Å². The second-order valence-electron chi connectivity index (χ2n) is 4.37. The second-order valence-corrected chi connectivity index (χ2v) is 5.37. The lowest BCUT2D eigenvalue weighted by Gasteiger charge is -2.18. The Labute approximate surface area is 100 Å². The fourth-order valence-corrected chi connectivity index (χ4v) is 3.11. The quantitative estimate of drug-likeness (QED) is 0.873. The number of nitriles is 1. The Morgan fingerprint density at radius 2 is 2.25 bits per heavy atom. The Hall–Kier alpha value is -1.21. The highest BCUT2D eigenvalue weighted by molar-refractivity contribution is 7.17. The molecule has 0 amide bonds. The van der Waals surface area contributed by atoms with Gasteiger partial charge in [-0.1, -0.05) is 6.92 Å². The number of thiophene rings is 1. The van der Waals surface area contributed by atoms with Crippen LogP contribution in [0.2, 0.25) is 0 Å². The fourth-order valence-electron chi connectivity index (χ4n) is 2.01. The lowest BCUT2D eigenvalue weighted by Crippen LogP contribution is -2.17. The molecule has 0 bridgehead atoms. The van der Waals surface area contributed by atoms with E-state index < -0.39 is 0 Å². The monoisotopic (exact) mass is 235 g/mol. The van der Waals surface area contributed by atoms with E-state index >= 15 is 0 Å². The largest absolute Gasteiger partial charge is 0.397 e. The van der Waals surface area contributed by atoms with Crippen LogP contribution >= 0.6 is 11.3 Å². The zero-order chi connectivity index (χ0) is 11.7. The van der Waals surface area contributed by atoms with E-state index in [1.807, 2.05) is 0 Å².